The average molecular weight is 425 g/mol. The van der Waals surface area contributed by atoms with Crippen molar-refractivity contribution < 1.29 is 4.57 Å². The summed E-state index contributed by atoms with van der Waals surface area (Å²) in [6.07, 6.45) is -3.04. The molecule has 5 aromatic carbocycles. The van der Waals surface area contributed by atoms with E-state index >= 15 is 4.57 Å². The van der Waals surface area contributed by atoms with E-state index in [2.05, 4.69) is 67.6 Å². The molecule has 5 rings (SSSR count). The lowest BCUT2D eigenvalue weighted by molar-refractivity contribution is 0.596. The number of rotatable bonds is 4. The molecule has 0 atom stereocenters. The predicted octanol–water partition coefficient (Wildman–Crippen LogP) is 7.32. The van der Waals surface area contributed by atoms with Gasteiger partial charge in [-0.15, -0.1) is 0 Å². The number of fused-ring (bicyclic) bond motifs is 2. The van der Waals surface area contributed by atoms with Crippen LogP contribution in [0.15, 0.2) is 114 Å². The van der Waals surface area contributed by atoms with Crippen molar-refractivity contribution in [1.29, 1.82) is 0 Å². The maximum absolute atomic E-state index is 15.1. The fraction of sp³-hybridized carbons (Fsp3) is 0.0370. The molecule has 5 aromatic rings. The Morgan fingerprint density at radius 3 is 1.57 bits per heavy atom. The van der Waals surface area contributed by atoms with Crippen LogP contribution >= 0.6 is 17.7 Å². The highest BCUT2D eigenvalue weighted by Gasteiger charge is 2.32. The first kappa shape index (κ1) is 19.2. The van der Waals surface area contributed by atoms with Crippen LogP contribution in [0.25, 0.3) is 21.5 Å². The fourth-order valence-electron chi connectivity index (χ4n) is 3.91. The van der Waals surface area contributed by atoms with E-state index in [9.17, 15) is 0 Å². The quantitative estimate of drug-likeness (QED) is 0.281. The van der Waals surface area contributed by atoms with Crippen LogP contribution in [0.1, 0.15) is 5.56 Å². The summed E-state index contributed by atoms with van der Waals surface area (Å²) in [6, 6.07) is 37.0. The molecule has 146 valence electrons. The molecule has 0 saturated carbocycles. The summed E-state index contributed by atoms with van der Waals surface area (Å²) in [5, 5.41) is 6.14. The van der Waals surface area contributed by atoms with Gasteiger partial charge in [-0.25, -0.2) is 0 Å². The first-order valence-corrected chi connectivity index (χ1v) is 13.1. The third-order valence-electron chi connectivity index (χ3n) is 5.42. The molecule has 0 aliphatic heterocycles. The molecule has 0 fully saturated rings. The smallest absolute Gasteiger partial charge is 0.200 e. The molecule has 0 amide bonds. The van der Waals surface area contributed by atoms with Crippen molar-refractivity contribution in [2.45, 2.75) is 11.8 Å². The molecule has 0 saturated heterocycles. The molecule has 3 heteroatoms. The Kier molecular flexibility index (Phi) is 4.98. The first-order chi connectivity index (χ1) is 14.6. The topological polar surface area (TPSA) is 17.1 Å². The summed E-state index contributed by atoms with van der Waals surface area (Å²) in [5.74, 6) is 0. The van der Waals surface area contributed by atoms with Gasteiger partial charge in [-0.05, 0) is 52.7 Å². The van der Waals surface area contributed by atoms with Crippen LogP contribution in [0.2, 0.25) is 0 Å². The predicted molar refractivity (Wildman–Crippen MR) is 132 cm³/mol. The van der Waals surface area contributed by atoms with E-state index in [1.807, 2.05) is 48.5 Å². The molecule has 0 bridgehead atoms. The molecular formula is C27H21OPS. The van der Waals surface area contributed by atoms with Crippen molar-refractivity contribution in [2.75, 3.05) is 0 Å². The minimum atomic E-state index is -3.04. The lowest BCUT2D eigenvalue weighted by Crippen LogP contribution is -2.15. The molecule has 0 unspecified atom stereocenters. The van der Waals surface area contributed by atoms with Gasteiger partial charge in [-0.2, -0.15) is 0 Å². The lowest BCUT2D eigenvalue weighted by atomic mass is 10.1. The monoisotopic (exact) mass is 424 g/mol. The van der Waals surface area contributed by atoms with E-state index in [0.29, 0.717) is 0 Å². The molecule has 0 aliphatic carbocycles. The minimum absolute atomic E-state index is 0.905. The van der Waals surface area contributed by atoms with Crippen LogP contribution < -0.4 is 10.6 Å². The molecule has 0 heterocycles. The zero-order valence-electron chi connectivity index (χ0n) is 16.7. The van der Waals surface area contributed by atoms with Gasteiger partial charge in [-0.3, -0.25) is 0 Å². The SMILES string of the molecule is Cc1ccc(SP(=O)(c2cccc3ccccc23)c2cccc3ccccc23)cc1. The van der Waals surface area contributed by atoms with Crippen molar-refractivity contribution in [3.8, 4) is 0 Å². The second kappa shape index (κ2) is 7.80. The van der Waals surface area contributed by atoms with Crippen molar-refractivity contribution in [2.24, 2.45) is 0 Å². The molecule has 0 spiro atoms. The molecule has 0 aromatic heterocycles. The van der Waals surface area contributed by atoms with Gasteiger partial charge in [0.15, 0.2) is 0 Å². The van der Waals surface area contributed by atoms with E-state index in [0.717, 1.165) is 37.0 Å². The summed E-state index contributed by atoms with van der Waals surface area (Å²) >= 11 is 1.49. The second-order valence-corrected chi connectivity index (χ2v) is 12.3. The first-order valence-electron chi connectivity index (χ1n) is 9.98. The van der Waals surface area contributed by atoms with Crippen LogP contribution in [0.5, 0.6) is 0 Å². The summed E-state index contributed by atoms with van der Waals surface area (Å²) in [7, 11) is 0. The average Bonchev–Trinajstić information content (AvgIpc) is 2.80. The van der Waals surface area contributed by atoms with E-state index < -0.39 is 6.34 Å². The molecule has 0 radical (unpaired) electrons. The van der Waals surface area contributed by atoms with Crippen LogP contribution in [-0.2, 0) is 4.57 Å². The highest BCUT2D eigenvalue weighted by molar-refractivity contribution is 8.62. The summed E-state index contributed by atoms with van der Waals surface area (Å²) in [6.45, 7) is 2.07. The lowest BCUT2D eigenvalue weighted by Gasteiger charge is -2.22. The van der Waals surface area contributed by atoms with Crippen molar-refractivity contribution >= 4 is 49.9 Å². The minimum Gasteiger partial charge on any atom is -0.302 e. The molecule has 30 heavy (non-hydrogen) atoms. The zero-order chi connectivity index (χ0) is 20.6. The van der Waals surface area contributed by atoms with Crippen LogP contribution in [0, 0.1) is 6.92 Å². The van der Waals surface area contributed by atoms with Crippen molar-refractivity contribution in [3.63, 3.8) is 0 Å². The van der Waals surface area contributed by atoms with Gasteiger partial charge in [0.25, 0.3) is 0 Å². The van der Waals surface area contributed by atoms with Crippen LogP contribution in [0.3, 0.4) is 0 Å². The largest absolute Gasteiger partial charge is 0.302 e. The Labute approximate surface area is 180 Å². The van der Waals surface area contributed by atoms with Gasteiger partial charge in [0.2, 0.25) is 6.34 Å². The number of hydrogen-bond acceptors (Lipinski definition) is 2. The summed E-state index contributed by atoms with van der Waals surface area (Å²) < 4.78 is 15.1. The molecule has 0 N–H and O–H groups in total. The molecule has 0 aliphatic rings. The summed E-state index contributed by atoms with van der Waals surface area (Å²) in [5.41, 5.74) is 1.20. The zero-order valence-corrected chi connectivity index (χ0v) is 18.4. The Morgan fingerprint density at radius 1 is 0.567 bits per heavy atom. The number of aryl methyl sites for hydroxylation is 1. The van der Waals surface area contributed by atoms with Crippen LogP contribution in [0.4, 0.5) is 0 Å². The van der Waals surface area contributed by atoms with E-state index in [1.165, 1.54) is 16.9 Å². The second-order valence-electron chi connectivity index (χ2n) is 7.45. The van der Waals surface area contributed by atoms with Crippen molar-refractivity contribution in [3.05, 3.63) is 115 Å². The third kappa shape index (κ3) is 3.37. The van der Waals surface area contributed by atoms with Gasteiger partial charge in [-0.1, -0.05) is 102 Å². The Morgan fingerprint density at radius 2 is 1.03 bits per heavy atom. The van der Waals surface area contributed by atoms with E-state index in [1.54, 1.807) is 0 Å². The van der Waals surface area contributed by atoms with Gasteiger partial charge >= 0.3 is 0 Å². The highest BCUT2D eigenvalue weighted by atomic mass is 32.7. The van der Waals surface area contributed by atoms with Crippen LogP contribution in [-0.4, -0.2) is 0 Å². The van der Waals surface area contributed by atoms with Gasteiger partial charge in [0.05, 0.1) is 0 Å². The fourth-order valence-corrected chi connectivity index (χ4v) is 9.32. The van der Waals surface area contributed by atoms with Gasteiger partial charge in [0.1, 0.15) is 0 Å². The maximum Gasteiger partial charge on any atom is 0.200 e. The standard InChI is InChI=1S/C27H21OPS/c1-20-16-18-23(19-17-20)30-29(28,26-14-6-10-21-8-2-4-12-24(21)26)27-15-7-11-22-9-3-5-13-25(22)27/h2-19H,1H3. The maximum atomic E-state index is 15.1. The van der Waals surface area contributed by atoms with Crippen molar-refractivity contribution in [1.82, 2.24) is 0 Å². The normalized spacial score (nSPS) is 11.8. The summed E-state index contributed by atoms with van der Waals surface area (Å²) in [4.78, 5) is 1.02. The number of benzene rings is 5. The molecular weight excluding hydrogens is 403 g/mol. The Bertz CT molecular complexity index is 1310. The Hall–Kier alpha value is -2.80. The molecule has 1 nitrogen and oxygen atoms in total. The van der Waals surface area contributed by atoms with Gasteiger partial charge in [0, 0.05) is 15.5 Å². The Balaban J connectivity index is 1.82. The van der Waals surface area contributed by atoms with E-state index in [-0.39, 0.29) is 0 Å². The van der Waals surface area contributed by atoms with Gasteiger partial charge < -0.3 is 4.57 Å². The third-order valence-corrected chi connectivity index (χ3v) is 10.8. The highest BCUT2D eigenvalue weighted by Crippen LogP contribution is 2.61. The van der Waals surface area contributed by atoms with E-state index in [4.69, 9.17) is 0 Å². The number of hydrogen-bond donors (Lipinski definition) is 0.